The van der Waals surface area contributed by atoms with Crippen molar-refractivity contribution in [3.8, 4) is 0 Å². The number of ether oxygens (including phenoxy) is 1. The van der Waals surface area contributed by atoms with Gasteiger partial charge in [0.05, 0.1) is 6.61 Å². The Hall–Kier alpha value is -1.06. The summed E-state index contributed by atoms with van der Waals surface area (Å²) in [5.41, 5.74) is 0. The molecule has 1 amide bonds. The fourth-order valence-corrected chi connectivity index (χ4v) is 3.70. The van der Waals surface area contributed by atoms with E-state index < -0.39 is 0 Å². The molecular formula is C18H31NO3. The van der Waals surface area contributed by atoms with Gasteiger partial charge in [0.25, 0.3) is 0 Å². The summed E-state index contributed by atoms with van der Waals surface area (Å²) in [5.74, 6) is 0.689. The molecule has 0 N–H and O–H groups in total. The van der Waals surface area contributed by atoms with Crippen molar-refractivity contribution in [2.24, 2.45) is 5.92 Å². The number of likely N-dealkylation sites (tertiary alicyclic amines) is 1. The first kappa shape index (κ1) is 17.3. The first-order valence-electron chi connectivity index (χ1n) is 9.18. The highest BCUT2D eigenvalue weighted by molar-refractivity contribution is 5.85. The third kappa shape index (κ3) is 4.99. The van der Waals surface area contributed by atoms with E-state index in [4.69, 9.17) is 4.74 Å². The Morgan fingerprint density at radius 2 is 1.86 bits per heavy atom. The molecule has 2 rings (SSSR count). The van der Waals surface area contributed by atoms with Crippen LogP contribution in [-0.4, -0.2) is 36.0 Å². The number of nitrogens with zero attached hydrogens (tertiary/aromatic N) is 1. The Balaban J connectivity index is 1.73. The minimum Gasteiger partial charge on any atom is -0.464 e. The maximum absolute atomic E-state index is 12.4. The van der Waals surface area contributed by atoms with Gasteiger partial charge in [0.1, 0.15) is 6.04 Å². The highest BCUT2D eigenvalue weighted by Gasteiger charge is 2.35. The summed E-state index contributed by atoms with van der Waals surface area (Å²) in [6.45, 7) is 3.34. The van der Waals surface area contributed by atoms with E-state index in [2.05, 4.69) is 6.92 Å². The first-order chi connectivity index (χ1) is 10.7. The van der Waals surface area contributed by atoms with Crippen LogP contribution in [0.25, 0.3) is 0 Å². The summed E-state index contributed by atoms with van der Waals surface area (Å²) in [4.78, 5) is 26.4. The van der Waals surface area contributed by atoms with Crippen molar-refractivity contribution in [3.05, 3.63) is 0 Å². The molecule has 22 heavy (non-hydrogen) atoms. The highest BCUT2D eigenvalue weighted by atomic mass is 16.5. The van der Waals surface area contributed by atoms with E-state index in [9.17, 15) is 9.59 Å². The number of hydrogen-bond acceptors (Lipinski definition) is 3. The van der Waals surface area contributed by atoms with Crippen molar-refractivity contribution in [3.63, 3.8) is 0 Å². The smallest absolute Gasteiger partial charge is 0.328 e. The Morgan fingerprint density at radius 1 is 1.09 bits per heavy atom. The van der Waals surface area contributed by atoms with Crippen LogP contribution in [-0.2, 0) is 14.3 Å². The number of hydrogen-bond donors (Lipinski definition) is 0. The summed E-state index contributed by atoms with van der Waals surface area (Å²) in [7, 11) is 0. The summed E-state index contributed by atoms with van der Waals surface area (Å²) < 4.78 is 5.35. The van der Waals surface area contributed by atoms with Crippen LogP contribution in [0.1, 0.15) is 77.6 Å². The van der Waals surface area contributed by atoms with Crippen molar-refractivity contribution in [1.29, 1.82) is 0 Å². The lowest BCUT2D eigenvalue weighted by Crippen LogP contribution is -2.41. The predicted octanol–water partition coefficient (Wildman–Crippen LogP) is 3.68. The van der Waals surface area contributed by atoms with E-state index in [0.717, 1.165) is 51.0 Å². The quantitative estimate of drug-likeness (QED) is 0.507. The molecule has 4 heteroatoms. The normalized spacial score (nSPS) is 22.2. The van der Waals surface area contributed by atoms with Crippen LogP contribution in [0.4, 0.5) is 0 Å². The lowest BCUT2D eigenvalue weighted by Gasteiger charge is -2.24. The third-order valence-electron chi connectivity index (χ3n) is 5.08. The molecule has 1 aliphatic heterocycles. The van der Waals surface area contributed by atoms with Crippen LogP contribution in [0.5, 0.6) is 0 Å². The molecule has 0 aromatic rings. The number of carbonyl (C=O) groups is 2. The largest absolute Gasteiger partial charge is 0.464 e. The van der Waals surface area contributed by atoms with Gasteiger partial charge in [0, 0.05) is 13.0 Å². The van der Waals surface area contributed by atoms with Crippen LogP contribution < -0.4 is 0 Å². The topological polar surface area (TPSA) is 46.6 Å². The van der Waals surface area contributed by atoms with Gasteiger partial charge in [-0.15, -0.1) is 0 Å². The zero-order valence-corrected chi connectivity index (χ0v) is 14.0. The SMILES string of the molecule is CCCCCOC(=O)C1CCCN1C(=O)CCC1CCCC1. The summed E-state index contributed by atoms with van der Waals surface area (Å²) in [5, 5.41) is 0. The molecule has 1 aliphatic carbocycles. The number of amides is 1. The lowest BCUT2D eigenvalue weighted by molar-refractivity contribution is -0.153. The van der Waals surface area contributed by atoms with Crippen LogP contribution in [0, 0.1) is 5.92 Å². The van der Waals surface area contributed by atoms with Gasteiger partial charge in [-0.05, 0) is 31.6 Å². The van der Waals surface area contributed by atoms with Crippen LogP contribution in [0.3, 0.4) is 0 Å². The van der Waals surface area contributed by atoms with Crippen molar-refractivity contribution in [1.82, 2.24) is 4.90 Å². The van der Waals surface area contributed by atoms with Gasteiger partial charge in [-0.1, -0.05) is 45.4 Å². The molecule has 1 unspecified atom stereocenters. The second-order valence-electron chi connectivity index (χ2n) is 6.81. The summed E-state index contributed by atoms with van der Waals surface area (Å²) >= 11 is 0. The molecular weight excluding hydrogens is 278 g/mol. The zero-order chi connectivity index (χ0) is 15.8. The van der Waals surface area contributed by atoms with Crippen LogP contribution in [0.15, 0.2) is 0 Å². The molecule has 1 saturated heterocycles. The predicted molar refractivity (Wildman–Crippen MR) is 86.4 cm³/mol. The van der Waals surface area contributed by atoms with Gasteiger partial charge in [0.2, 0.25) is 5.91 Å². The van der Waals surface area contributed by atoms with Gasteiger partial charge in [0.15, 0.2) is 0 Å². The molecule has 4 nitrogen and oxygen atoms in total. The van der Waals surface area contributed by atoms with E-state index in [1.165, 1.54) is 25.7 Å². The van der Waals surface area contributed by atoms with E-state index in [-0.39, 0.29) is 17.9 Å². The molecule has 2 fully saturated rings. The molecule has 0 bridgehead atoms. The number of unbranched alkanes of at least 4 members (excludes halogenated alkanes) is 2. The maximum atomic E-state index is 12.4. The maximum Gasteiger partial charge on any atom is 0.328 e. The molecule has 126 valence electrons. The number of rotatable bonds is 8. The standard InChI is InChI=1S/C18H31NO3/c1-2-3-6-14-22-18(21)16-10-7-13-19(16)17(20)12-11-15-8-4-5-9-15/h15-16H,2-14H2,1H3. The average Bonchev–Trinajstić information content (AvgIpc) is 3.19. The monoisotopic (exact) mass is 309 g/mol. The second kappa shape index (κ2) is 9.16. The van der Waals surface area contributed by atoms with Crippen molar-refractivity contribution >= 4 is 11.9 Å². The zero-order valence-electron chi connectivity index (χ0n) is 14.0. The van der Waals surface area contributed by atoms with E-state index in [1.54, 1.807) is 4.90 Å². The summed E-state index contributed by atoms with van der Waals surface area (Å²) in [6, 6.07) is -0.322. The third-order valence-corrected chi connectivity index (χ3v) is 5.08. The molecule has 1 atom stereocenters. The van der Waals surface area contributed by atoms with E-state index in [1.807, 2.05) is 0 Å². The Kier molecular flexibility index (Phi) is 7.20. The van der Waals surface area contributed by atoms with E-state index in [0.29, 0.717) is 13.0 Å². The van der Waals surface area contributed by atoms with Crippen molar-refractivity contribution in [2.45, 2.75) is 83.6 Å². The second-order valence-corrected chi connectivity index (χ2v) is 6.81. The van der Waals surface area contributed by atoms with E-state index >= 15 is 0 Å². The van der Waals surface area contributed by atoms with Crippen LogP contribution >= 0.6 is 0 Å². The Labute approximate surface area is 134 Å². The molecule has 0 spiro atoms. The minimum absolute atomic E-state index is 0.153. The van der Waals surface area contributed by atoms with Gasteiger partial charge >= 0.3 is 5.97 Å². The first-order valence-corrected chi connectivity index (χ1v) is 9.18. The van der Waals surface area contributed by atoms with Crippen molar-refractivity contribution < 1.29 is 14.3 Å². The van der Waals surface area contributed by atoms with Gasteiger partial charge in [-0.2, -0.15) is 0 Å². The Morgan fingerprint density at radius 3 is 2.59 bits per heavy atom. The highest BCUT2D eigenvalue weighted by Crippen LogP contribution is 2.29. The van der Waals surface area contributed by atoms with Gasteiger partial charge < -0.3 is 9.64 Å². The summed E-state index contributed by atoms with van der Waals surface area (Å²) in [6.07, 6.45) is 11.6. The molecule has 2 aliphatic rings. The van der Waals surface area contributed by atoms with Crippen molar-refractivity contribution in [2.75, 3.05) is 13.2 Å². The van der Waals surface area contributed by atoms with Crippen LogP contribution in [0.2, 0.25) is 0 Å². The number of carbonyl (C=O) groups excluding carboxylic acids is 2. The number of esters is 1. The molecule has 1 heterocycles. The molecule has 0 aromatic heterocycles. The Bertz CT molecular complexity index is 363. The fraction of sp³-hybridized carbons (Fsp3) is 0.889. The van der Waals surface area contributed by atoms with Gasteiger partial charge in [-0.3, -0.25) is 4.79 Å². The molecule has 0 aromatic carbocycles. The van der Waals surface area contributed by atoms with Gasteiger partial charge in [-0.25, -0.2) is 4.79 Å². The molecule has 0 radical (unpaired) electrons. The lowest BCUT2D eigenvalue weighted by atomic mass is 10.0. The average molecular weight is 309 g/mol. The minimum atomic E-state index is -0.322. The fourth-order valence-electron chi connectivity index (χ4n) is 3.70. The molecule has 1 saturated carbocycles.